The van der Waals surface area contributed by atoms with Crippen LogP contribution in [-0.2, 0) is 4.79 Å². The number of rotatable bonds is 3. The number of carboxylic acids is 1. The summed E-state index contributed by atoms with van der Waals surface area (Å²) in [5.74, 6) is -2.11. The lowest BCUT2D eigenvalue weighted by Gasteiger charge is -2.14. The van der Waals surface area contributed by atoms with E-state index in [-0.39, 0.29) is 0 Å². The highest BCUT2D eigenvalue weighted by Gasteiger charge is 2.25. The van der Waals surface area contributed by atoms with E-state index < -0.39 is 18.1 Å². The lowest BCUT2D eigenvalue weighted by atomic mass is 9.95. The van der Waals surface area contributed by atoms with Crippen LogP contribution < -0.4 is 0 Å². The lowest BCUT2D eigenvalue weighted by Crippen LogP contribution is -2.16. The van der Waals surface area contributed by atoms with E-state index in [0.29, 0.717) is 5.56 Å². The Labute approximate surface area is 82.4 Å². The molecule has 0 radical (unpaired) electrons. The predicted octanol–water partition coefficient (Wildman–Crippen LogP) is 2.73. The molecule has 1 rings (SSSR count). The first-order valence-corrected chi connectivity index (χ1v) is 4.46. The van der Waals surface area contributed by atoms with E-state index in [2.05, 4.69) is 0 Å². The van der Waals surface area contributed by atoms with Crippen molar-refractivity contribution in [2.75, 3.05) is 0 Å². The van der Waals surface area contributed by atoms with Gasteiger partial charge in [-0.1, -0.05) is 24.3 Å². The van der Waals surface area contributed by atoms with E-state index in [1.54, 1.807) is 31.2 Å². The van der Waals surface area contributed by atoms with Gasteiger partial charge in [-0.05, 0) is 25.0 Å². The van der Waals surface area contributed by atoms with Crippen molar-refractivity contribution in [2.45, 2.75) is 20.0 Å². The van der Waals surface area contributed by atoms with Crippen LogP contribution in [0.5, 0.6) is 0 Å². The number of carboxylic acid groups (broad SMARTS) is 1. The Morgan fingerprint density at radius 1 is 1.43 bits per heavy atom. The highest BCUT2D eigenvalue weighted by Crippen LogP contribution is 2.28. The Kier molecular flexibility index (Phi) is 3.23. The number of hydrogen-bond donors (Lipinski definition) is 1. The molecule has 0 spiro atoms. The summed E-state index contributed by atoms with van der Waals surface area (Å²) in [6.45, 7) is 3.15. The molecule has 0 aromatic heterocycles. The van der Waals surface area contributed by atoms with Gasteiger partial charge in [-0.25, -0.2) is 4.39 Å². The molecule has 0 saturated heterocycles. The topological polar surface area (TPSA) is 37.3 Å². The summed E-state index contributed by atoms with van der Waals surface area (Å²) >= 11 is 0. The second kappa shape index (κ2) is 4.22. The van der Waals surface area contributed by atoms with Crippen LogP contribution in [0.3, 0.4) is 0 Å². The third-order valence-electron chi connectivity index (χ3n) is 2.31. The molecule has 2 nitrogen and oxygen atoms in total. The molecule has 0 heterocycles. The summed E-state index contributed by atoms with van der Waals surface area (Å²) in [4.78, 5) is 10.6. The zero-order chi connectivity index (χ0) is 10.7. The summed E-state index contributed by atoms with van der Waals surface area (Å²) < 4.78 is 13.7. The molecule has 0 aliphatic heterocycles. The molecule has 1 aromatic rings. The van der Waals surface area contributed by atoms with Crippen LogP contribution in [0.4, 0.5) is 4.39 Å². The van der Waals surface area contributed by atoms with Gasteiger partial charge in [0.25, 0.3) is 0 Å². The third kappa shape index (κ3) is 2.10. The third-order valence-corrected chi connectivity index (χ3v) is 2.31. The van der Waals surface area contributed by atoms with Crippen LogP contribution in [0.15, 0.2) is 24.3 Å². The van der Waals surface area contributed by atoms with Crippen molar-refractivity contribution in [1.82, 2.24) is 0 Å². The molecule has 14 heavy (non-hydrogen) atoms. The molecular weight excluding hydrogens is 183 g/mol. The first-order chi connectivity index (χ1) is 6.54. The molecule has 1 N–H and O–H groups in total. The zero-order valence-corrected chi connectivity index (χ0v) is 8.20. The number of halogens is 1. The van der Waals surface area contributed by atoms with Crippen LogP contribution in [-0.4, -0.2) is 11.1 Å². The Bertz CT molecular complexity index is 336. The highest BCUT2D eigenvalue weighted by atomic mass is 19.1. The predicted molar refractivity (Wildman–Crippen MR) is 51.8 cm³/mol. The number of hydrogen-bond acceptors (Lipinski definition) is 1. The van der Waals surface area contributed by atoms with Gasteiger partial charge in [0.15, 0.2) is 0 Å². The Morgan fingerprint density at radius 2 is 2.00 bits per heavy atom. The maximum Gasteiger partial charge on any atom is 0.309 e. The molecule has 1 aromatic carbocycles. The molecule has 2 unspecified atom stereocenters. The van der Waals surface area contributed by atoms with Crippen LogP contribution in [0, 0.1) is 12.8 Å². The maximum atomic E-state index is 13.7. The number of benzene rings is 1. The second-order valence-corrected chi connectivity index (χ2v) is 3.39. The number of alkyl halides is 1. The Hall–Kier alpha value is -1.38. The standard InChI is InChI=1S/C11H13FO2/c1-7-5-3-4-6-9(7)10(12)8(2)11(13)14/h3-6,8,10H,1-2H3,(H,13,14). The Balaban J connectivity index is 2.94. The van der Waals surface area contributed by atoms with Gasteiger partial charge in [0.05, 0.1) is 5.92 Å². The summed E-state index contributed by atoms with van der Waals surface area (Å²) in [5, 5.41) is 8.66. The van der Waals surface area contributed by atoms with Crippen LogP contribution in [0.1, 0.15) is 24.2 Å². The van der Waals surface area contributed by atoms with Crippen molar-refractivity contribution < 1.29 is 14.3 Å². The molecule has 0 bridgehead atoms. The summed E-state index contributed by atoms with van der Waals surface area (Å²) in [6, 6.07) is 6.91. The fourth-order valence-electron chi connectivity index (χ4n) is 1.29. The van der Waals surface area contributed by atoms with E-state index in [9.17, 15) is 9.18 Å². The van der Waals surface area contributed by atoms with E-state index in [1.807, 2.05) is 0 Å². The average molecular weight is 196 g/mol. The van der Waals surface area contributed by atoms with Gasteiger partial charge in [0, 0.05) is 0 Å². The maximum absolute atomic E-state index is 13.7. The summed E-state index contributed by atoms with van der Waals surface area (Å²) in [5.41, 5.74) is 1.25. The fourth-order valence-corrected chi connectivity index (χ4v) is 1.29. The summed E-state index contributed by atoms with van der Waals surface area (Å²) in [7, 11) is 0. The minimum absolute atomic E-state index is 0.461. The molecule has 2 atom stereocenters. The first kappa shape index (κ1) is 10.7. The van der Waals surface area contributed by atoms with E-state index in [0.717, 1.165) is 5.56 Å². The largest absolute Gasteiger partial charge is 0.481 e. The zero-order valence-electron chi connectivity index (χ0n) is 8.20. The van der Waals surface area contributed by atoms with Gasteiger partial charge in [-0.3, -0.25) is 4.79 Å². The second-order valence-electron chi connectivity index (χ2n) is 3.39. The van der Waals surface area contributed by atoms with Gasteiger partial charge in [-0.2, -0.15) is 0 Å². The molecule has 0 aliphatic carbocycles. The highest BCUT2D eigenvalue weighted by molar-refractivity contribution is 5.70. The number of aryl methyl sites for hydroxylation is 1. The van der Waals surface area contributed by atoms with E-state index >= 15 is 0 Å². The van der Waals surface area contributed by atoms with Gasteiger partial charge in [0.2, 0.25) is 0 Å². The monoisotopic (exact) mass is 196 g/mol. The molecular formula is C11H13FO2. The van der Waals surface area contributed by atoms with Crippen LogP contribution in [0.2, 0.25) is 0 Å². The normalized spacial score (nSPS) is 14.8. The minimum atomic E-state index is -1.44. The van der Waals surface area contributed by atoms with Crippen molar-refractivity contribution in [3.8, 4) is 0 Å². The smallest absolute Gasteiger partial charge is 0.309 e. The average Bonchev–Trinajstić information content (AvgIpc) is 2.16. The lowest BCUT2D eigenvalue weighted by molar-refractivity contribution is -0.143. The van der Waals surface area contributed by atoms with Crippen molar-refractivity contribution in [3.05, 3.63) is 35.4 Å². The SMILES string of the molecule is Cc1ccccc1C(F)C(C)C(=O)O. The molecule has 0 saturated carbocycles. The van der Waals surface area contributed by atoms with Gasteiger partial charge < -0.3 is 5.11 Å². The molecule has 0 amide bonds. The van der Waals surface area contributed by atoms with Gasteiger partial charge in [-0.15, -0.1) is 0 Å². The number of carbonyl (C=O) groups is 1. The Morgan fingerprint density at radius 3 is 2.50 bits per heavy atom. The van der Waals surface area contributed by atoms with Gasteiger partial charge >= 0.3 is 5.97 Å². The summed E-state index contributed by atoms with van der Waals surface area (Å²) in [6.07, 6.45) is -1.44. The molecule has 0 fully saturated rings. The molecule has 3 heteroatoms. The van der Waals surface area contributed by atoms with Gasteiger partial charge in [0.1, 0.15) is 6.17 Å². The van der Waals surface area contributed by atoms with E-state index in [1.165, 1.54) is 6.92 Å². The van der Waals surface area contributed by atoms with Crippen molar-refractivity contribution >= 4 is 5.97 Å². The van der Waals surface area contributed by atoms with Crippen molar-refractivity contribution in [3.63, 3.8) is 0 Å². The van der Waals surface area contributed by atoms with E-state index in [4.69, 9.17) is 5.11 Å². The van der Waals surface area contributed by atoms with Crippen LogP contribution in [0.25, 0.3) is 0 Å². The minimum Gasteiger partial charge on any atom is -0.481 e. The first-order valence-electron chi connectivity index (χ1n) is 4.46. The number of aliphatic carboxylic acids is 1. The quantitative estimate of drug-likeness (QED) is 0.807. The van der Waals surface area contributed by atoms with Crippen molar-refractivity contribution in [1.29, 1.82) is 0 Å². The molecule has 0 aliphatic rings. The van der Waals surface area contributed by atoms with Crippen LogP contribution >= 0.6 is 0 Å². The fraction of sp³-hybridized carbons (Fsp3) is 0.364. The molecule has 76 valence electrons. The van der Waals surface area contributed by atoms with Crippen molar-refractivity contribution in [2.24, 2.45) is 5.92 Å².